The summed E-state index contributed by atoms with van der Waals surface area (Å²) in [5, 5.41) is 0. The third-order valence-electron chi connectivity index (χ3n) is 2.99. The minimum atomic E-state index is -1.24. The fourth-order valence-corrected chi connectivity index (χ4v) is 1.99. The van der Waals surface area contributed by atoms with E-state index >= 15 is 0 Å². The second-order valence-electron chi connectivity index (χ2n) is 4.65. The first kappa shape index (κ1) is 12.8. The Labute approximate surface area is 116 Å². The Morgan fingerprint density at radius 2 is 1.45 bits per heavy atom. The predicted octanol–water partition coefficient (Wildman–Crippen LogP) is 2.63. The minimum Gasteiger partial charge on any atom is -0.404 e. The highest BCUT2D eigenvalue weighted by Gasteiger charge is 2.53. The van der Waals surface area contributed by atoms with Crippen LogP contribution in [0.2, 0.25) is 0 Å². The Balaban J connectivity index is 1.58. The summed E-state index contributed by atoms with van der Waals surface area (Å²) in [7, 11) is 0. The molecule has 1 heterocycles. The topological polar surface area (TPSA) is 51.4 Å². The molecule has 1 aliphatic heterocycles. The molecule has 0 atom stereocenters. The van der Waals surface area contributed by atoms with Crippen LogP contribution in [-0.2, 0) is 32.1 Å². The van der Waals surface area contributed by atoms with Crippen molar-refractivity contribution in [3.8, 4) is 0 Å². The molecule has 0 radical (unpaired) electrons. The van der Waals surface area contributed by atoms with Crippen molar-refractivity contribution in [2.45, 2.75) is 18.8 Å². The molecule has 4 nitrogen and oxygen atoms in total. The van der Waals surface area contributed by atoms with Gasteiger partial charge in [0.05, 0.1) is 12.8 Å². The molecule has 3 rings (SSSR count). The van der Waals surface area contributed by atoms with E-state index in [0.29, 0.717) is 6.42 Å². The van der Waals surface area contributed by atoms with E-state index in [1.54, 1.807) is 0 Å². The number of carbonyl (C=O) groups is 1. The number of benzene rings is 2. The third-order valence-corrected chi connectivity index (χ3v) is 2.99. The van der Waals surface area contributed by atoms with Crippen molar-refractivity contribution in [1.82, 2.24) is 0 Å². The SMILES string of the molecule is O=C(Cc1ccccc1)OC1(Cc2ccccc2)OO1. The summed E-state index contributed by atoms with van der Waals surface area (Å²) >= 11 is 0. The smallest absolute Gasteiger partial charge is 0.387 e. The van der Waals surface area contributed by atoms with Crippen LogP contribution in [0, 0.1) is 0 Å². The zero-order valence-corrected chi connectivity index (χ0v) is 10.8. The van der Waals surface area contributed by atoms with Crippen LogP contribution in [0.3, 0.4) is 0 Å². The maximum Gasteiger partial charge on any atom is 0.387 e. The van der Waals surface area contributed by atoms with E-state index in [1.807, 2.05) is 60.7 Å². The molecular weight excluding hydrogens is 256 g/mol. The van der Waals surface area contributed by atoms with Gasteiger partial charge in [0.25, 0.3) is 0 Å². The van der Waals surface area contributed by atoms with Crippen LogP contribution >= 0.6 is 0 Å². The molecule has 102 valence electrons. The van der Waals surface area contributed by atoms with Gasteiger partial charge in [-0.05, 0) is 11.1 Å². The van der Waals surface area contributed by atoms with E-state index in [9.17, 15) is 4.79 Å². The molecule has 0 N–H and O–H groups in total. The first-order valence-corrected chi connectivity index (χ1v) is 6.42. The van der Waals surface area contributed by atoms with E-state index in [4.69, 9.17) is 14.5 Å². The summed E-state index contributed by atoms with van der Waals surface area (Å²) < 4.78 is 5.27. The van der Waals surface area contributed by atoms with Crippen molar-refractivity contribution in [3.05, 3.63) is 71.8 Å². The zero-order chi connectivity index (χ0) is 13.8. The maximum absolute atomic E-state index is 11.9. The molecule has 1 aliphatic rings. The van der Waals surface area contributed by atoms with Gasteiger partial charge in [-0.2, -0.15) is 9.78 Å². The number of ether oxygens (including phenoxy) is 1. The first-order valence-electron chi connectivity index (χ1n) is 6.42. The summed E-state index contributed by atoms with van der Waals surface area (Å²) in [4.78, 5) is 21.6. The molecule has 20 heavy (non-hydrogen) atoms. The Morgan fingerprint density at radius 1 is 0.900 bits per heavy atom. The lowest BCUT2D eigenvalue weighted by Gasteiger charge is -2.09. The molecule has 0 bridgehead atoms. The van der Waals surface area contributed by atoms with E-state index < -0.39 is 5.97 Å². The molecule has 1 saturated heterocycles. The standard InChI is InChI=1S/C16H14O4/c17-15(11-13-7-3-1-4-8-13)18-16(19-20-16)12-14-9-5-2-6-10-14/h1-10H,11-12H2. The van der Waals surface area contributed by atoms with Crippen molar-refractivity contribution in [2.24, 2.45) is 0 Å². The molecular formula is C16H14O4. The van der Waals surface area contributed by atoms with Gasteiger partial charge in [0.2, 0.25) is 0 Å². The number of hydrogen-bond donors (Lipinski definition) is 0. The number of esters is 1. The van der Waals surface area contributed by atoms with Crippen molar-refractivity contribution >= 4 is 5.97 Å². The molecule has 2 aromatic rings. The molecule has 0 unspecified atom stereocenters. The number of carbonyl (C=O) groups excluding carboxylic acids is 1. The van der Waals surface area contributed by atoms with Gasteiger partial charge >= 0.3 is 11.9 Å². The van der Waals surface area contributed by atoms with Gasteiger partial charge in [-0.3, -0.25) is 4.79 Å². The Morgan fingerprint density at radius 3 is 2.00 bits per heavy atom. The highest BCUT2D eigenvalue weighted by atomic mass is 17.5. The quantitative estimate of drug-likeness (QED) is 0.476. The predicted molar refractivity (Wildman–Crippen MR) is 71.3 cm³/mol. The molecule has 0 saturated carbocycles. The summed E-state index contributed by atoms with van der Waals surface area (Å²) in [5.41, 5.74) is 1.88. The van der Waals surface area contributed by atoms with Crippen LogP contribution in [0.15, 0.2) is 60.7 Å². The van der Waals surface area contributed by atoms with Crippen LogP contribution in [0.25, 0.3) is 0 Å². The maximum atomic E-state index is 11.9. The lowest BCUT2D eigenvalue weighted by atomic mass is 10.1. The zero-order valence-electron chi connectivity index (χ0n) is 10.8. The molecule has 0 aromatic heterocycles. The molecule has 4 heteroatoms. The highest BCUT2D eigenvalue weighted by molar-refractivity contribution is 5.72. The van der Waals surface area contributed by atoms with Crippen molar-refractivity contribution in [3.63, 3.8) is 0 Å². The van der Waals surface area contributed by atoms with Gasteiger partial charge in [-0.1, -0.05) is 60.7 Å². The molecule has 2 aromatic carbocycles. The number of rotatable bonds is 5. The van der Waals surface area contributed by atoms with E-state index in [2.05, 4.69) is 0 Å². The minimum absolute atomic E-state index is 0.199. The van der Waals surface area contributed by atoms with Gasteiger partial charge in [0.1, 0.15) is 0 Å². The lowest BCUT2D eigenvalue weighted by molar-refractivity contribution is -0.160. The van der Waals surface area contributed by atoms with Crippen LogP contribution in [-0.4, -0.2) is 11.9 Å². The van der Waals surface area contributed by atoms with Gasteiger partial charge in [-0.25, -0.2) is 0 Å². The summed E-state index contributed by atoms with van der Waals surface area (Å²) in [6, 6.07) is 19.0. The second kappa shape index (κ2) is 5.45. The molecule has 0 amide bonds. The Kier molecular flexibility index (Phi) is 3.50. The van der Waals surface area contributed by atoms with Gasteiger partial charge in [-0.15, -0.1) is 0 Å². The fraction of sp³-hybridized carbons (Fsp3) is 0.188. The van der Waals surface area contributed by atoms with Gasteiger partial charge in [0, 0.05) is 0 Å². The third kappa shape index (κ3) is 3.23. The highest BCUT2D eigenvalue weighted by Crippen LogP contribution is 2.35. The van der Waals surface area contributed by atoms with Crippen molar-refractivity contribution < 1.29 is 19.3 Å². The van der Waals surface area contributed by atoms with Crippen LogP contribution in [0.1, 0.15) is 11.1 Å². The first-order chi connectivity index (χ1) is 9.76. The largest absolute Gasteiger partial charge is 0.404 e. The fourth-order valence-electron chi connectivity index (χ4n) is 1.99. The molecule has 1 fully saturated rings. The van der Waals surface area contributed by atoms with Crippen LogP contribution in [0.4, 0.5) is 0 Å². The van der Waals surface area contributed by atoms with E-state index in [0.717, 1.165) is 11.1 Å². The van der Waals surface area contributed by atoms with Gasteiger partial charge < -0.3 is 4.74 Å². The Hall–Kier alpha value is -2.17. The Bertz CT molecular complexity index is 576. The summed E-state index contributed by atoms with van der Waals surface area (Å²) in [6.07, 6.45) is 0.582. The second-order valence-corrected chi connectivity index (χ2v) is 4.65. The summed E-state index contributed by atoms with van der Waals surface area (Å²) in [6.45, 7) is 0. The van der Waals surface area contributed by atoms with Crippen molar-refractivity contribution in [2.75, 3.05) is 0 Å². The average Bonchev–Trinajstić information content (AvgIpc) is 3.20. The lowest BCUT2D eigenvalue weighted by Crippen LogP contribution is -2.24. The monoisotopic (exact) mass is 270 g/mol. The van der Waals surface area contributed by atoms with Crippen LogP contribution in [0.5, 0.6) is 0 Å². The molecule has 0 aliphatic carbocycles. The average molecular weight is 270 g/mol. The van der Waals surface area contributed by atoms with E-state index in [-0.39, 0.29) is 12.4 Å². The van der Waals surface area contributed by atoms with E-state index in [1.165, 1.54) is 0 Å². The normalized spacial score (nSPS) is 15.6. The number of hydrogen-bond acceptors (Lipinski definition) is 4. The van der Waals surface area contributed by atoms with Crippen molar-refractivity contribution in [1.29, 1.82) is 0 Å². The summed E-state index contributed by atoms with van der Waals surface area (Å²) in [5.74, 6) is -1.61. The van der Waals surface area contributed by atoms with Gasteiger partial charge in [0.15, 0.2) is 0 Å². The molecule has 0 spiro atoms. The van der Waals surface area contributed by atoms with Crippen LogP contribution < -0.4 is 0 Å².